The van der Waals surface area contributed by atoms with Crippen LogP contribution >= 0.6 is 0 Å². The third-order valence-corrected chi connectivity index (χ3v) is 0.800. The van der Waals surface area contributed by atoms with Gasteiger partial charge in [-0.3, -0.25) is 0 Å². The molecule has 5 N–H and O–H groups in total. The van der Waals surface area contributed by atoms with Gasteiger partial charge >= 0.3 is 5.97 Å². The maximum atomic E-state index is 8.44. The van der Waals surface area contributed by atoms with Crippen molar-refractivity contribution >= 4 is 0 Å². The number of aliphatic hydroxyl groups is 4. The molecular formula is C3H8O6. The first-order valence-corrected chi connectivity index (χ1v) is 2.03. The fourth-order valence-electron chi connectivity index (χ4n) is 0.0612. The molecule has 9 heavy (non-hydrogen) atoms. The first-order valence-electron chi connectivity index (χ1n) is 2.03. The van der Waals surface area contributed by atoms with E-state index < -0.39 is 11.8 Å². The van der Waals surface area contributed by atoms with E-state index in [0.717, 1.165) is 0 Å². The highest BCUT2D eigenvalue weighted by Gasteiger charge is 2.45. The Balaban J connectivity index is 4.14. The lowest BCUT2D eigenvalue weighted by Crippen LogP contribution is -2.53. The van der Waals surface area contributed by atoms with Crippen LogP contribution in [0.3, 0.4) is 0 Å². The minimum absolute atomic E-state index is 0.660. The lowest BCUT2D eigenvalue weighted by Gasteiger charge is -2.27. The first-order chi connectivity index (χ1) is 3.81. The first kappa shape index (κ1) is 8.76. The fraction of sp³-hybridized carbons (Fsp3) is 1.00. The summed E-state index contributed by atoms with van der Waals surface area (Å²) in [6.45, 7) is 0.660. The molecule has 0 saturated heterocycles. The smallest absolute Gasteiger partial charge is 0.335 e. The molecular weight excluding hydrogens is 132 g/mol. The number of hydrogen-bond donors (Lipinski definition) is 5. The largest absolute Gasteiger partial charge is 0.357 e. The van der Waals surface area contributed by atoms with Gasteiger partial charge in [-0.25, -0.2) is 5.26 Å². The van der Waals surface area contributed by atoms with E-state index in [1.165, 1.54) is 0 Å². The summed E-state index contributed by atoms with van der Waals surface area (Å²) >= 11 is 0. The second-order valence-corrected chi connectivity index (χ2v) is 1.71. The molecule has 0 saturated carbocycles. The van der Waals surface area contributed by atoms with Crippen molar-refractivity contribution < 1.29 is 30.6 Å². The van der Waals surface area contributed by atoms with Gasteiger partial charge < -0.3 is 20.4 Å². The molecule has 1 unspecified atom stereocenters. The molecule has 0 aromatic heterocycles. The van der Waals surface area contributed by atoms with E-state index in [9.17, 15) is 0 Å². The van der Waals surface area contributed by atoms with Crippen LogP contribution in [0.25, 0.3) is 0 Å². The maximum absolute atomic E-state index is 8.44. The van der Waals surface area contributed by atoms with Crippen molar-refractivity contribution in [3.63, 3.8) is 0 Å². The van der Waals surface area contributed by atoms with Crippen LogP contribution in [0.1, 0.15) is 6.92 Å². The third-order valence-electron chi connectivity index (χ3n) is 0.800. The van der Waals surface area contributed by atoms with Crippen LogP contribution in [0.4, 0.5) is 0 Å². The average Bonchev–Trinajstić information content (AvgIpc) is 1.64. The highest BCUT2D eigenvalue weighted by atomic mass is 17.1. The summed E-state index contributed by atoms with van der Waals surface area (Å²) in [6, 6.07) is 0. The van der Waals surface area contributed by atoms with Crippen molar-refractivity contribution in [2.45, 2.75) is 18.7 Å². The molecule has 0 aliphatic carbocycles. The zero-order valence-electron chi connectivity index (χ0n) is 4.64. The highest BCUT2D eigenvalue weighted by Crippen LogP contribution is 2.15. The fourth-order valence-corrected chi connectivity index (χ4v) is 0.0612. The maximum Gasteiger partial charge on any atom is 0.335 e. The van der Waals surface area contributed by atoms with E-state index in [0.29, 0.717) is 6.92 Å². The topological polar surface area (TPSA) is 110 Å². The zero-order valence-corrected chi connectivity index (χ0v) is 4.64. The van der Waals surface area contributed by atoms with Gasteiger partial charge in [-0.2, -0.15) is 4.89 Å². The SMILES string of the molecule is CC(O)(OO)C(O)(O)O. The average molecular weight is 140 g/mol. The van der Waals surface area contributed by atoms with Crippen LogP contribution in [-0.4, -0.2) is 37.4 Å². The second-order valence-electron chi connectivity index (χ2n) is 1.71. The molecule has 0 aliphatic rings. The Hall–Kier alpha value is -0.240. The lowest BCUT2D eigenvalue weighted by atomic mass is 10.3. The van der Waals surface area contributed by atoms with Crippen LogP contribution in [0.2, 0.25) is 0 Å². The number of hydrogen-bond acceptors (Lipinski definition) is 6. The molecule has 0 heterocycles. The summed E-state index contributed by atoms with van der Waals surface area (Å²) in [5, 5.41) is 40.5. The van der Waals surface area contributed by atoms with Crippen LogP contribution in [0.5, 0.6) is 0 Å². The molecule has 0 amide bonds. The summed E-state index contributed by atoms with van der Waals surface area (Å²) in [5.74, 6) is -6.27. The van der Waals surface area contributed by atoms with E-state index in [2.05, 4.69) is 4.89 Å². The standard InChI is InChI=1S/C3H8O6/c1-2(4,9-8)3(5,6)7/h4-8H,1H3. The van der Waals surface area contributed by atoms with Crippen LogP contribution in [-0.2, 0) is 4.89 Å². The van der Waals surface area contributed by atoms with Crippen molar-refractivity contribution in [2.24, 2.45) is 0 Å². The molecule has 0 aromatic carbocycles. The number of rotatable bonds is 2. The highest BCUT2D eigenvalue weighted by molar-refractivity contribution is 4.65. The molecule has 1 atom stereocenters. The molecule has 0 aliphatic heterocycles. The van der Waals surface area contributed by atoms with Gasteiger partial charge in [-0.05, 0) is 0 Å². The van der Waals surface area contributed by atoms with E-state index in [-0.39, 0.29) is 0 Å². The molecule has 0 bridgehead atoms. The predicted molar refractivity (Wildman–Crippen MR) is 23.7 cm³/mol. The van der Waals surface area contributed by atoms with Crippen molar-refractivity contribution in [2.75, 3.05) is 0 Å². The molecule has 6 nitrogen and oxygen atoms in total. The van der Waals surface area contributed by atoms with Crippen LogP contribution in [0, 0.1) is 0 Å². The second kappa shape index (κ2) is 2.18. The van der Waals surface area contributed by atoms with Crippen molar-refractivity contribution in [1.29, 1.82) is 0 Å². The Morgan fingerprint density at radius 1 is 1.11 bits per heavy atom. The van der Waals surface area contributed by atoms with Gasteiger partial charge in [0.15, 0.2) is 0 Å². The minimum Gasteiger partial charge on any atom is -0.357 e. The summed E-state index contributed by atoms with van der Waals surface area (Å²) in [7, 11) is 0. The van der Waals surface area contributed by atoms with Crippen molar-refractivity contribution in [3.05, 3.63) is 0 Å². The monoisotopic (exact) mass is 140 g/mol. The van der Waals surface area contributed by atoms with Crippen LogP contribution < -0.4 is 0 Å². The zero-order chi connectivity index (χ0) is 7.71. The van der Waals surface area contributed by atoms with Gasteiger partial charge in [0.25, 0.3) is 5.79 Å². The summed E-state index contributed by atoms with van der Waals surface area (Å²) < 4.78 is 0. The van der Waals surface area contributed by atoms with Crippen molar-refractivity contribution in [3.8, 4) is 0 Å². The molecule has 0 fully saturated rings. The summed E-state index contributed by atoms with van der Waals surface area (Å²) in [4.78, 5) is 3.11. The molecule has 0 aromatic rings. The van der Waals surface area contributed by atoms with Gasteiger partial charge in [0, 0.05) is 6.92 Å². The van der Waals surface area contributed by atoms with E-state index in [1.807, 2.05) is 0 Å². The Kier molecular flexibility index (Phi) is 2.12. The third kappa shape index (κ3) is 1.86. The quantitative estimate of drug-likeness (QED) is 0.169. The van der Waals surface area contributed by atoms with Gasteiger partial charge in [-0.1, -0.05) is 0 Å². The Labute approximate surface area is 50.5 Å². The Bertz CT molecular complexity index is 91.0. The summed E-state index contributed by atoms with van der Waals surface area (Å²) in [5.41, 5.74) is 0. The molecule has 6 heteroatoms. The Morgan fingerprint density at radius 3 is 1.44 bits per heavy atom. The predicted octanol–water partition coefficient (Wildman–Crippen LogP) is -2.18. The molecule has 0 rings (SSSR count). The summed E-state index contributed by atoms with van der Waals surface area (Å²) in [6.07, 6.45) is 0. The lowest BCUT2D eigenvalue weighted by molar-refractivity contribution is -0.514. The van der Waals surface area contributed by atoms with E-state index in [1.54, 1.807) is 0 Å². The normalized spacial score (nSPS) is 19.3. The van der Waals surface area contributed by atoms with Gasteiger partial charge in [-0.15, -0.1) is 0 Å². The van der Waals surface area contributed by atoms with Gasteiger partial charge in [0.2, 0.25) is 0 Å². The van der Waals surface area contributed by atoms with Crippen molar-refractivity contribution in [1.82, 2.24) is 0 Å². The molecule has 0 spiro atoms. The van der Waals surface area contributed by atoms with Crippen LogP contribution in [0.15, 0.2) is 0 Å². The van der Waals surface area contributed by atoms with Gasteiger partial charge in [0.05, 0.1) is 0 Å². The van der Waals surface area contributed by atoms with E-state index in [4.69, 9.17) is 25.7 Å². The van der Waals surface area contributed by atoms with Gasteiger partial charge in [0.1, 0.15) is 0 Å². The Morgan fingerprint density at radius 2 is 1.44 bits per heavy atom. The van der Waals surface area contributed by atoms with E-state index >= 15 is 0 Å². The molecule has 56 valence electrons. The minimum atomic E-state index is -3.47. The molecule has 0 radical (unpaired) electrons.